The first-order chi connectivity index (χ1) is 9.19. The van der Waals surface area contributed by atoms with Gasteiger partial charge in [0, 0.05) is 18.5 Å². The molecule has 0 fully saturated rings. The number of nitrogens with one attached hydrogen (secondary N) is 2. The van der Waals surface area contributed by atoms with Crippen LogP contribution >= 0.6 is 0 Å². The molecule has 0 saturated heterocycles. The molecule has 0 heterocycles. The highest BCUT2D eigenvalue weighted by Gasteiger charge is 2.13. The van der Waals surface area contributed by atoms with Crippen LogP contribution in [0.4, 0.5) is 8.78 Å². The summed E-state index contributed by atoms with van der Waals surface area (Å²) < 4.78 is 25.9. The van der Waals surface area contributed by atoms with Crippen LogP contribution in [0.25, 0.3) is 0 Å². The minimum atomic E-state index is -0.905. The fourth-order valence-corrected chi connectivity index (χ4v) is 1.73. The van der Waals surface area contributed by atoms with Crippen molar-refractivity contribution in [1.29, 1.82) is 0 Å². The Balaban J connectivity index is 2.47. The average Bonchev–Trinajstić information content (AvgIpc) is 2.30. The van der Waals surface area contributed by atoms with Gasteiger partial charge in [-0.3, -0.25) is 4.79 Å². The van der Waals surface area contributed by atoms with Gasteiger partial charge in [-0.1, -0.05) is 6.07 Å². The van der Waals surface area contributed by atoms with Gasteiger partial charge in [0.1, 0.15) is 0 Å². The van der Waals surface area contributed by atoms with Crippen molar-refractivity contribution in [3.8, 4) is 0 Å². The first kappa shape index (κ1) is 16.6. The van der Waals surface area contributed by atoms with Crippen LogP contribution in [0, 0.1) is 11.6 Å². The highest BCUT2D eigenvalue weighted by Crippen LogP contribution is 2.15. The molecule has 5 heteroatoms. The van der Waals surface area contributed by atoms with E-state index in [2.05, 4.69) is 10.6 Å². The Bertz CT molecular complexity index is 469. The minimum absolute atomic E-state index is 0.0357. The quantitative estimate of drug-likeness (QED) is 0.873. The third-order valence-corrected chi connectivity index (χ3v) is 2.83. The summed E-state index contributed by atoms with van der Waals surface area (Å²) in [7, 11) is 0. The molecule has 1 amide bonds. The average molecular weight is 284 g/mol. The van der Waals surface area contributed by atoms with Crippen LogP contribution in [-0.2, 0) is 4.79 Å². The second kappa shape index (κ2) is 6.79. The summed E-state index contributed by atoms with van der Waals surface area (Å²) in [5, 5.41) is 5.97. The van der Waals surface area contributed by atoms with Gasteiger partial charge in [-0.25, -0.2) is 8.78 Å². The normalized spacial score (nSPS) is 13.1. The number of rotatable bonds is 5. The van der Waals surface area contributed by atoms with E-state index in [1.54, 1.807) is 6.92 Å². The van der Waals surface area contributed by atoms with Crippen molar-refractivity contribution in [2.75, 3.05) is 6.54 Å². The zero-order chi connectivity index (χ0) is 15.3. The Hall–Kier alpha value is -1.49. The number of benzene rings is 1. The van der Waals surface area contributed by atoms with Gasteiger partial charge < -0.3 is 10.6 Å². The van der Waals surface area contributed by atoms with Crippen molar-refractivity contribution in [3.63, 3.8) is 0 Å². The zero-order valence-electron chi connectivity index (χ0n) is 12.4. The highest BCUT2D eigenvalue weighted by molar-refractivity contribution is 5.76. The molecule has 1 rings (SSSR count). The molecular formula is C15H22F2N2O. The minimum Gasteiger partial charge on any atom is -0.350 e. The van der Waals surface area contributed by atoms with E-state index in [-0.39, 0.29) is 17.5 Å². The fourth-order valence-electron chi connectivity index (χ4n) is 1.73. The van der Waals surface area contributed by atoms with Crippen molar-refractivity contribution in [2.45, 2.75) is 45.7 Å². The van der Waals surface area contributed by atoms with E-state index >= 15 is 0 Å². The number of carbonyl (C=O) groups excluding carboxylic acids is 1. The molecule has 3 nitrogen and oxygen atoms in total. The van der Waals surface area contributed by atoms with E-state index in [1.807, 2.05) is 20.8 Å². The van der Waals surface area contributed by atoms with Crippen molar-refractivity contribution in [3.05, 3.63) is 35.4 Å². The maximum absolute atomic E-state index is 13.1. The lowest BCUT2D eigenvalue weighted by molar-refractivity contribution is -0.121. The highest BCUT2D eigenvalue weighted by atomic mass is 19.2. The van der Waals surface area contributed by atoms with Gasteiger partial charge in [-0.15, -0.1) is 0 Å². The molecule has 0 aliphatic rings. The van der Waals surface area contributed by atoms with E-state index in [1.165, 1.54) is 6.07 Å². The third kappa shape index (κ3) is 5.65. The molecule has 2 N–H and O–H groups in total. The van der Waals surface area contributed by atoms with Gasteiger partial charge in [-0.2, -0.15) is 0 Å². The largest absolute Gasteiger partial charge is 0.350 e. The van der Waals surface area contributed by atoms with E-state index in [0.29, 0.717) is 18.5 Å². The molecule has 0 bridgehead atoms. The molecule has 1 aromatic carbocycles. The van der Waals surface area contributed by atoms with Gasteiger partial charge in [0.05, 0.1) is 6.04 Å². The van der Waals surface area contributed by atoms with Crippen LogP contribution in [-0.4, -0.2) is 18.0 Å². The van der Waals surface area contributed by atoms with E-state index in [0.717, 1.165) is 12.1 Å². The van der Waals surface area contributed by atoms with Gasteiger partial charge in [0.15, 0.2) is 11.6 Å². The maximum atomic E-state index is 13.1. The van der Waals surface area contributed by atoms with E-state index in [4.69, 9.17) is 0 Å². The van der Waals surface area contributed by atoms with Gasteiger partial charge in [0.25, 0.3) is 0 Å². The predicted octanol–water partition coefficient (Wildman–Crippen LogP) is 2.92. The van der Waals surface area contributed by atoms with E-state index < -0.39 is 11.6 Å². The number of amides is 1. The number of hydrogen-bond donors (Lipinski definition) is 2. The van der Waals surface area contributed by atoms with Crippen LogP contribution < -0.4 is 10.6 Å². The third-order valence-electron chi connectivity index (χ3n) is 2.83. The molecule has 112 valence electrons. The summed E-state index contributed by atoms with van der Waals surface area (Å²) >= 11 is 0. The molecule has 0 radical (unpaired) electrons. The lowest BCUT2D eigenvalue weighted by atomic mass is 10.1. The number of carbonyl (C=O) groups is 1. The number of hydrogen-bond acceptors (Lipinski definition) is 2. The maximum Gasteiger partial charge on any atom is 0.221 e. The predicted molar refractivity (Wildman–Crippen MR) is 75.3 cm³/mol. The van der Waals surface area contributed by atoms with Crippen LogP contribution in [0.3, 0.4) is 0 Å². The summed E-state index contributed by atoms with van der Waals surface area (Å²) in [5.41, 5.74) is 0.507. The van der Waals surface area contributed by atoms with Crippen molar-refractivity contribution in [2.24, 2.45) is 0 Å². The van der Waals surface area contributed by atoms with Gasteiger partial charge in [-0.05, 0) is 45.4 Å². The standard InChI is InChI=1S/C15H22F2N2O/c1-10(11-5-6-12(16)13(17)9-11)19-14(20)7-8-18-15(2,3)4/h5-6,9-10,18H,7-8H2,1-4H3,(H,19,20). The molecule has 0 aliphatic heterocycles. The summed E-state index contributed by atoms with van der Waals surface area (Å²) in [6.45, 7) is 8.38. The fraction of sp³-hybridized carbons (Fsp3) is 0.533. The molecule has 0 aliphatic carbocycles. The molecule has 0 spiro atoms. The molecule has 1 atom stereocenters. The number of halogens is 2. The molecule has 0 saturated carbocycles. The Morgan fingerprint density at radius 3 is 2.45 bits per heavy atom. The Kier molecular flexibility index (Phi) is 5.62. The first-order valence-corrected chi connectivity index (χ1v) is 6.68. The van der Waals surface area contributed by atoms with E-state index in [9.17, 15) is 13.6 Å². The molecule has 1 aromatic rings. The summed E-state index contributed by atoms with van der Waals surface area (Å²) in [6, 6.07) is 3.28. The summed E-state index contributed by atoms with van der Waals surface area (Å²) in [5.74, 6) is -1.92. The van der Waals surface area contributed by atoms with Crippen LogP contribution in [0.1, 0.15) is 45.7 Å². The molecule has 1 unspecified atom stereocenters. The van der Waals surface area contributed by atoms with Crippen LogP contribution in [0.5, 0.6) is 0 Å². The second-order valence-electron chi connectivity index (χ2n) is 5.89. The van der Waals surface area contributed by atoms with Gasteiger partial charge >= 0.3 is 0 Å². The Labute approximate surface area is 118 Å². The lowest BCUT2D eigenvalue weighted by Crippen LogP contribution is -2.38. The Morgan fingerprint density at radius 2 is 1.90 bits per heavy atom. The van der Waals surface area contributed by atoms with Gasteiger partial charge in [0.2, 0.25) is 5.91 Å². The Morgan fingerprint density at radius 1 is 1.25 bits per heavy atom. The molecular weight excluding hydrogens is 262 g/mol. The second-order valence-corrected chi connectivity index (χ2v) is 5.89. The lowest BCUT2D eigenvalue weighted by Gasteiger charge is -2.21. The topological polar surface area (TPSA) is 41.1 Å². The zero-order valence-corrected chi connectivity index (χ0v) is 12.4. The molecule has 20 heavy (non-hydrogen) atoms. The van der Waals surface area contributed by atoms with Crippen molar-refractivity contribution < 1.29 is 13.6 Å². The smallest absolute Gasteiger partial charge is 0.221 e. The summed E-state index contributed by atoms with van der Waals surface area (Å²) in [4.78, 5) is 11.7. The summed E-state index contributed by atoms with van der Waals surface area (Å²) in [6.07, 6.45) is 0.339. The first-order valence-electron chi connectivity index (χ1n) is 6.68. The molecule has 0 aromatic heterocycles. The van der Waals surface area contributed by atoms with Crippen LogP contribution in [0.2, 0.25) is 0 Å². The monoisotopic (exact) mass is 284 g/mol. The van der Waals surface area contributed by atoms with Crippen molar-refractivity contribution >= 4 is 5.91 Å². The van der Waals surface area contributed by atoms with Crippen molar-refractivity contribution in [1.82, 2.24) is 10.6 Å². The van der Waals surface area contributed by atoms with Crippen LogP contribution in [0.15, 0.2) is 18.2 Å². The SMILES string of the molecule is CC(NC(=O)CCNC(C)(C)C)c1ccc(F)c(F)c1.